The van der Waals surface area contributed by atoms with E-state index in [1.54, 1.807) is 0 Å². The first-order valence-electron chi connectivity index (χ1n) is 8.56. The number of hydrogen-bond donors (Lipinski definition) is 0. The molecule has 0 aliphatic rings. The monoisotopic (exact) mass is 310 g/mol. The lowest BCUT2D eigenvalue weighted by atomic mass is 9.88. The third-order valence-electron chi connectivity index (χ3n) is 5.36. The van der Waals surface area contributed by atoms with E-state index in [0.717, 1.165) is 0 Å². The Hall–Kier alpha value is -2.60. The number of hydrogen-bond acceptors (Lipinski definition) is 0. The van der Waals surface area contributed by atoms with Gasteiger partial charge in [-0.1, -0.05) is 60.7 Å². The summed E-state index contributed by atoms with van der Waals surface area (Å²) in [6, 6.07) is 22.2. The predicted octanol–water partition coefficient (Wildman–Crippen LogP) is 6.89. The van der Waals surface area contributed by atoms with Crippen molar-refractivity contribution < 1.29 is 0 Å². The van der Waals surface area contributed by atoms with Gasteiger partial charge in [-0.05, 0) is 82.6 Å². The van der Waals surface area contributed by atoms with Gasteiger partial charge in [-0.15, -0.1) is 0 Å². The van der Waals surface area contributed by atoms with Gasteiger partial charge in [0.15, 0.2) is 0 Å². The molecule has 0 unspecified atom stereocenters. The van der Waals surface area contributed by atoms with Crippen molar-refractivity contribution in [1.29, 1.82) is 0 Å². The van der Waals surface area contributed by atoms with E-state index in [1.807, 2.05) is 0 Å². The van der Waals surface area contributed by atoms with Crippen LogP contribution in [0.1, 0.15) is 22.3 Å². The summed E-state index contributed by atoms with van der Waals surface area (Å²) in [5.41, 5.74) is 8.12. The Morgan fingerprint density at radius 2 is 1.04 bits per heavy atom. The Kier molecular flexibility index (Phi) is 3.42. The van der Waals surface area contributed by atoms with Crippen LogP contribution in [0.5, 0.6) is 0 Å². The minimum atomic E-state index is 1.34. The first kappa shape index (κ1) is 15.0. The van der Waals surface area contributed by atoms with E-state index in [0.29, 0.717) is 0 Å². The lowest BCUT2D eigenvalue weighted by Crippen LogP contribution is -1.93. The normalized spacial score (nSPS) is 11.3. The molecule has 4 aromatic rings. The molecule has 0 fully saturated rings. The molecule has 0 saturated carbocycles. The first-order chi connectivity index (χ1) is 11.6. The van der Waals surface area contributed by atoms with E-state index < -0.39 is 0 Å². The second-order valence-electron chi connectivity index (χ2n) is 6.82. The number of fused-ring (bicyclic) bond motifs is 2. The van der Waals surface area contributed by atoms with Crippen molar-refractivity contribution in [3.05, 3.63) is 82.9 Å². The largest absolute Gasteiger partial charge is 0.0616 e. The van der Waals surface area contributed by atoms with E-state index >= 15 is 0 Å². The maximum atomic E-state index is 2.35. The Balaban J connectivity index is 2.07. The van der Waals surface area contributed by atoms with E-state index in [-0.39, 0.29) is 0 Å². The summed E-state index contributed by atoms with van der Waals surface area (Å²) in [7, 11) is 0. The van der Waals surface area contributed by atoms with Crippen LogP contribution in [0.15, 0.2) is 60.7 Å². The highest BCUT2D eigenvalue weighted by Gasteiger charge is 2.12. The van der Waals surface area contributed by atoms with Gasteiger partial charge in [-0.25, -0.2) is 0 Å². The molecule has 0 amide bonds. The maximum Gasteiger partial charge on any atom is -0.0143 e. The van der Waals surface area contributed by atoms with Crippen molar-refractivity contribution in [2.75, 3.05) is 0 Å². The second-order valence-corrected chi connectivity index (χ2v) is 6.82. The molecule has 0 aromatic heterocycles. The Morgan fingerprint density at radius 1 is 0.458 bits per heavy atom. The van der Waals surface area contributed by atoms with Crippen LogP contribution in [0.25, 0.3) is 32.7 Å². The van der Waals surface area contributed by atoms with Crippen molar-refractivity contribution in [3.63, 3.8) is 0 Å². The maximum absolute atomic E-state index is 2.35. The molecule has 0 aliphatic carbocycles. The van der Waals surface area contributed by atoms with Crippen LogP contribution in [-0.4, -0.2) is 0 Å². The Morgan fingerprint density at radius 3 is 1.79 bits per heavy atom. The van der Waals surface area contributed by atoms with Crippen molar-refractivity contribution in [1.82, 2.24) is 0 Å². The predicted molar refractivity (Wildman–Crippen MR) is 106 cm³/mol. The van der Waals surface area contributed by atoms with Crippen molar-refractivity contribution >= 4 is 21.5 Å². The second kappa shape index (κ2) is 5.49. The summed E-state index contributed by atoms with van der Waals surface area (Å²) in [6.45, 7) is 8.90. The topological polar surface area (TPSA) is 0 Å². The minimum Gasteiger partial charge on any atom is -0.0616 e. The van der Waals surface area contributed by atoms with Crippen LogP contribution in [-0.2, 0) is 0 Å². The third-order valence-corrected chi connectivity index (χ3v) is 5.36. The summed E-state index contributed by atoms with van der Waals surface area (Å²) in [6.07, 6.45) is 0. The van der Waals surface area contributed by atoms with Crippen LogP contribution in [0.3, 0.4) is 0 Å². The minimum absolute atomic E-state index is 1.34. The fourth-order valence-electron chi connectivity index (χ4n) is 3.94. The zero-order chi connectivity index (χ0) is 16.8. The van der Waals surface area contributed by atoms with Gasteiger partial charge in [-0.3, -0.25) is 0 Å². The van der Waals surface area contributed by atoms with Gasteiger partial charge in [0.2, 0.25) is 0 Å². The molecule has 4 rings (SSSR count). The van der Waals surface area contributed by atoms with Crippen molar-refractivity contribution in [2.24, 2.45) is 0 Å². The molecule has 0 bridgehead atoms. The average molecular weight is 310 g/mol. The summed E-state index contributed by atoms with van der Waals surface area (Å²) in [4.78, 5) is 0. The summed E-state index contributed by atoms with van der Waals surface area (Å²) in [5, 5.41) is 5.43. The van der Waals surface area contributed by atoms with Crippen molar-refractivity contribution in [3.8, 4) is 11.1 Å². The van der Waals surface area contributed by atoms with Crippen molar-refractivity contribution in [2.45, 2.75) is 27.7 Å². The summed E-state index contributed by atoms with van der Waals surface area (Å²) < 4.78 is 0. The van der Waals surface area contributed by atoms with Crippen LogP contribution < -0.4 is 0 Å². The molecule has 0 heterocycles. The van der Waals surface area contributed by atoms with Gasteiger partial charge in [0.25, 0.3) is 0 Å². The quantitative estimate of drug-likeness (QED) is 0.359. The molecule has 0 saturated heterocycles. The molecule has 4 aromatic carbocycles. The summed E-state index contributed by atoms with van der Waals surface area (Å²) >= 11 is 0. The zero-order valence-corrected chi connectivity index (χ0v) is 14.8. The SMILES string of the molecule is Cc1cccc2c(C)c(-c3cc(C)c4ccccc4c3C)ccc12. The van der Waals surface area contributed by atoms with E-state index in [2.05, 4.69) is 88.4 Å². The first-order valence-corrected chi connectivity index (χ1v) is 8.56. The fraction of sp³-hybridized carbons (Fsp3) is 0.167. The van der Waals surface area contributed by atoms with E-state index in [9.17, 15) is 0 Å². The summed E-state index contributed by atoms with van der Waals surface area (Å²) in [5.74, 6) is 0. The average Bonchev–Trinajstić information content (AvgIpc) is 2.60. The highest BCUT2D eigenvalue weighted by Crippen LogP contribution is 2.36. The molecule has 118 valence electrons. The molecule has 0 nitrogen and oxygen atoms in total. The molecular weight excluding hydrogens is 288 g/mol. The smallest absolute Gasteiger partial charge is 0.0143 e. The highest BCUT2D eigenvalue weighted by molar-refractivity contribution is 5.98. The van der Waals surface area contributed by atoms with E-state index in [4.69, 9.17) is 0 Å². The third kappa shape index (κ3) is 2.14. The van der Waals surface area contributed by atoms with Crippen LogP contribution in [0.2, 0.25) is 0 Å². The van der Waals surface area contributed by atoms with Gasteiger partial charge < -0.3 is 0 Å². The van der Waals surface area contributed by atoms with E-state index in [1.165, 1.54) is 54.9 Å². The van der Waals surface area contributed by atoms with Gasteiger partial charge >= 0.3 is 0 Å². The van der Waals surface area contributed by atoms with Gasteiger partial charge in [0.1, 0.15) is 0 Å². The molecular formula is C24H22. The highest BCUT2D eigenvalue weighted by atomic mass is 14.2. The Bertz CT molecular complexity index is 1080. The van der Waals surface area contributed by atoms with Crippen LogP contribution >= 0.6 is 0 Å². The fourth-order valence-corrected chi connectivity index (χ4v) is 3.94. The molecule has 0 spiro atoms. The lowest BCUT2D eigenvalue weighted by Gasteiger charge is -2.16. The van der Waals surface area contributed by atoms with Gasteiger partial charge in [-0.2, -0.15) is 0 Å². The van der Waals surface area contributed by atoms with Crippen LogP contribution in [0, 0.1) is 27.7 Å². The molecule has 0 atom stereocenters. The van der Waals surface area contributed by atoms with Gasteiger partial charge in [0.05, 0.1) is 0 Å². The van der Waals surface area contributed by atoms with Crippen LogP contribution in [0.4, 0.5) is 0 Å². The number of rotatable bonds is 1. The number of aryl methyl sites for hydroxylation is 4. The lowest BCUT2D eigenvalue weighted by molar-refractivity contribution is 1.42. The number of benzene rings is 4. The molecule has 24 heavy (non-hydrogen) atoms. The molecule has 0 N–H and O–H groups in total. The zero-order valence-electron chi connectivity index (χ0n) is 14.8. The molecule has 0 heteroatoms. The Labute approximate surface area is 143 Å². The molecule has 0 aliphatic heterocycles. The standard InChI is InChI=1S/C24H22/c1-15-8-7-11-22-17(3)23(13-12-20(15)22)24-14-16(2)19-9-5-6-10-21(19)18(24)4/h5-14H,1-4H3. The van der Waals surface area contributed by atoms with Gasteiger partial charge in [0, 0.05) is 0 Å². The molecule has 0 radical (unpaired) electrons.